The molecule has 0 aliphatic heterocycles. The number of anilines is 1. The molecule has 0 saturated heterocycles. The predicted molar refractivity (Wildman–Crippen MR) is 84.0 cm³/mol. The van der Waals surface area contributed by atoms with Gasteiger partial charge in [0.15, 0.2) is 5.76 Å². The maximum Gasteiger partial charge on any atom is 0.416 e. The fourth-order valence-electron chi connectivity index (χ4n) is 1.86. The van der Waals surface area contributed by atoms with Crippen LogP contribution in [-0.2, 0) is 11.0 Å². The maximum absolute atomic E-state index is 12.6. The molecular formula is C16H14F3N3O3. The molecule has 25 heavy (non-hydrogen) atoms. The maximum atomic E-state index is 12.6. The van der Waals surface area contributed by atoms with Crippen LogP contribution in [0.1, 0.15) is 29.5 Å². The molecule has 0 aliphatic rings. The molecule has 9 heteroatoms. The Balaban J connectivity index is 1.91. The Morgan fingerprint density at radius 3 is 2.60 bits per heavy atom. The molecule has 2 amide bonds. The van der Waals surface area contributed by atoms with Crippen molar-refractivity contribution < 1.29 is 27.2 Å². The van der Waals surface area contributed by atoms with Gasteiger partial charge in [-0.3, -0.25) is 9.59 Å². The highest BCUT2D eigenvalue weighted by Gasteiger charge is 2.30. The predicted octanol–water partition coefficient (Wildman–Crippen LogP) is 3.43. The SMILES string of the molecule is C/C(CC(=O)Nc1cccc(C(F)(F)F)c1)=N/NC(=O)c1ccco1. The van der Waals surface area contributed by atoms with Crippen molar-refractivity contribution in [2.45, 2.75) is 19.5 Å². The van der Waals surface area contributed by atoms with Crippen LogP contribution in [0.2, 0.25) is 0 Å². The Labute approximate surface area is 140 Å². The summed E-state index contributed by atoms with van der Waals surface area (Å²) in [4.78, 5) is 23.5. The first-order chi connectivity index (χ1) is 11.8. The second kappa shape index (κ2) is 7.65. The van der Waals surface area contributed by atoms with E-state index in [4.69, 9.17) is 4.42 Å². The number of halogens is 3. The second-order valence-corrected chi connectivity index (χ2v) is 5.07. The van der Waals surface area contributed by atoms with Gasteiger partial charge in [-0.15, -0.1) is 0 Å². The molecule has 0 radical (unpaired) electrons. The molecule has 0 fully saturated rings. The van der Waals surface area contributed by atoms with E-state index >= 15 is 0 Å². The number of hydrogen-bond donors (Lipinski definition) is 2. The van der Waals surface area contributed by atoms with E-state index in [9.17, 15) is 22.8 Å². The third-order valence-corrected chi connectivity index (χ3v) is 2.98. The normalized spacial score (nSPS) is 11.9. The van der Waals surface area contributed by atoms with Gasteiger partial charge >= 0.3 is 12.1 Å². The molecule has 0 bridgehead atoms. The van der Waals surface area contributed by atoms with Gasteiger partial charge in [0.25, 0.3) is 0 Å². The Hall–Kier alpha value is -3.10. The lowest BCUT2D eigenvalue weighted by Gasteiger charge is -2.09. The lowest BCUT2D eigenvalue weighted by atomic mass is 10.2. The lowest BCUT2D eigenvalue weighted by molar-refractivity contribution is -0.137. The standard InChI is InChI=1S/C16H14F3N3O3/c1-10(21-22-15(24)13-6-3-7-25-13)8-14(23)20-12-5-2-4-11(9-12)16(17,18)19/h2-7,9H,8H2,1H3,(H,20,23)(H,22,24)/b21-10-. The Morgan fingerprint density at radius 2 is 1.96 bits per heavy atom. The average Bonchev–Trinajstić information content (AvgIpc) is 3.06. The summed E-state index contributed by atoms with van der Waals surface area (Å²) in [5, 5.41) is 6.08. The van der Waals surface area contributed by atoms with Gasteiger partial charge in [-0.1, -0.05) is 6.07 Å². The molecule has 1 aromatic heterocycles. The van der Waals surface area contributed by atoms with E-state index in [-0.39, 0.29) is 23.6 Å². The van der Waals surface area contributed by atoms with Gasteiger partial charge in [0.2, 0.25) is 5.91 Å². The number of carbonyl (C=O) groups is 2. The van der Waals surface area contributed by atoms with E-state index in [0.29, 0.717) is 0 Å². The summed E-state index contributed by atoms with van der Waals surface area (Å²) >= 11 is 0. The van der Waals surface area contributed by atoms with Crippen LogP contribution in [0, 0.1) is 0 Å². The van der Waals surface area contributed by atoms with Gasteiger partial charge in [0, 0.05) is 11.4 Å². The first-order valence-electron chi connectivity index (χ1n) is 7.10. The van der Waals surface area contributed by atoms with Crippen molar-refractivity contribution in [2.24, 2.45) is 5.10 Å². The first-order valence-corrected chi connectivity index (χ1v) is 7.10. The summed E-state index contributed by atoms with van der Waals surface area (Å²) in [5.74, 6) is -1.08. The third-order valence-electron chi connectivity index (χ3n) is 2.98. The number of amides is 2. The van der Waals surface area contributed by atoms with Crippen LogP contribution in [0.15, 0.2) is 52.2 Å². The summed E-state index contributed by atoms with van der Waals surface area (Å²) in [7, 11) is 0. The number of nitrogens with zero attached hydrogens (tertiary/aromatic N) is 1. The van der Waals surface area contributed by atoms with E-state index in [1.54, 1.807) is 0 Å². The van der Waals surface area contributed by atoms with Crippen LogP contribution in [-0.4, -0.2) is 17.5 Å². The summed E-state index contributed by atoms with van der Waals surface area (Å²) in [6.07, 6.45) is -3.36. The zero-order valence-electron chi connectivity index (χ0n) is 13.1. The van der Waals surface area contributed by atoms with Gasteiger partial charge in [-0.05, 0) is 37.3 Å². The molecule has 132 valence electrons. The minimum absolute atomic E-state index is 0.0206. The highest BCUT2D eigenvalue weighted by atomic mass is 19.4. The minimum Gasteiger partial charge on any atom is -0.459 e. The molecule has 0 atom stereocenters. The van der Waals surface area contributed by atoms with E-state index in [2.05, 4.69) is 15.8 Å². The van der Waals surface area contributed by atoms with Crippen LogP contribution in [0.4, 0.5) is 18.9 Å². The molecule has 2 rings (SSSR count). The molecule has 1 aromatic carbocycles. The molecule has 1 heterocycles. The topological polar surface area (TPSA) is 83.7 Å². The quantitative estimate of drug-likeness (QED) is 0.638. The van der Waals surface area contributed by atoms with Crippen molar-refractivity contribution in [3.8, 4) is 0 Å². The average molecular weight is 353 g/mol. The molecule has 0 aliphatic carbocycles. The number of alkyl halides is 3. The molecular weight excluding hydrogens is 339 g/mol. The summed E-state index contributed by atoms with van der Waals surface area (Å²) in [6, 6.07) is 7.27. The third kappa shape index (κ3) is 5.48. The van der Waals surface area contributed by atoms with Crippen molar-refractivity contribution in [3.05, 3.63) is 54.0 Å². The Bertz CT molecular complexity index is 783. The number of furan rings is 1. The molecule has 2 aromatic rings. The largest absolute Gasteiger partial charge is 0.459 e. The smallest absolute Gasteiger partial charge is 0.416 e. The summed E-state index contributed by atoms with van der Waals surface area (Å²) in [6.45, 7) is 1.49. The first kappa shape index (κ1) is 18.2. The zero-order valence-corrected chi connectivity index (χ0v) is 13.1. The van der Waals surface area contributed by atoms with E-state index in [1.165, 1.54) is 37.5 Å². The zero-order chi connectivity index (χ0) is 18.4. The molecule has 0 spiro atoms. The van der Waals surface area contributed by atoms with Gasteiger partial charge in [-0.2, -0.15) is 18.3 Å². The number of benzene rings is 1. The number of hydrazone groups is 1. The lowest BCUT2D eigenvalue weighted by Crippen LogP contribution is -2.21. The number of rotatable bonds is 5. The molecule has 0 saturated carbocycles. The molecule has 2 N–H and O–H groups in total. The second-order valence-electron chi connectivity index (χ2n) is 5.07. The van der Waals surface area contributed by atoms with Crippen molar-refractivity contribution in [3.63, 3.8) is 0 Å². The van der Waals surface area contributed by atoms with Crippen molar-refractivity contribution in [2.75, 3.05) is 5.32 Å². The minimum atomic E-state index is -4.49. The van der Waals surface area contributed by atoms with Crippen LogP contribution in [0.5, 0.6) is 0 Å². The van der Waals surface area contributed by atoms with Gasteiger partial charge in [0.05, 0.1) is 18.2 Å². The number of carbonyl (C=O) groups excluding carboxylic acids is 2. The van der Waals surface area contributed by atoms with Crippen molar-refractivity contribution in [1.82, 2.24) is 5.43 Å². The molecule has 6 nitrogen and oxygen atoms in total. The van der Waals surface area contributed by atoms with Gasteiger partial charge < -0.3 is 9.73 Å². The highest BCUT2D eigenvalue weighted by molar-refractivity contribution is 6.06. The Morgan fingerprint density at radius 1 is 1.20 bits per heavy atom. The van der Waals surface area contributed by atoms with Crippen LogP contribution >= 0.6 is 0 Å². The summed E-state index contributed by atoms with van der Waals surface area (Å²) < 4.78 is 42.8. The molecule has 0 unspecified atom stereocenters. The van der Waals surface area contributed by atoms with Crippen LogP contribution < -0.4 is 10.7 Å². The van der Waals surface area contributed by atoms with Crippen molar-refractivity contribution in [1.29, 1.82) is 0 Å². The highest BCUT2D eigenvalue weighted by Crippen LogP contribution is 2.30. The number of nitrogens with one attached hydrogen (secondary N) is 2. The van der Waals surface area contributed by atoms with Crippen LogP contribution in [0.3, 0.4) is 0 Å². The fourth-order valence-corrected chi connectivity index (χ4v) is 1.86. The van der Waals surface area contributed by atoms with E-state index < -0.39 is 23.6 Å². The van der Waals surface area contributed by atoms with Gasteiger partial charge in [-0.25, -0.2) is 5.43 Å². The Kier molecular flexibility index (Phi) is 5.58. The van der Waals surface area contributed by atoms with Gasteiger partial charge in [0.1, 0.15) is 0 Å². The fraction of sp³-hybridized carbons (Fsp3) is 0.188. The van der Waals surface area contributed by atoms with Crippen LogP contribution in [0.25, 0.3) is 0 Å². The summed E-state index contributed by atoms with van der Waals surface area (Å²) in [5.41, 5.74) is 1.64. The van der Waals surface area contributed by atoms with E-state index in [1.807, 2.05) is 0 Å². The number of hydrogen-bond acceptors (Lipinski definition) is 4. The van der Waals surface area contributed by atoms with E-state index in [0.717, 1.165) is 12.1 Å². The monoisotopic (exact) mass is 353 g/mol. The van der Waals surface area contributed by atoms with Crippen molar-refractivity contribution >= 4 is 23.2 Å².